The molecule has 0 aromatic carbocycles. The highest BCUT2D eigenvalue weighted by atomic mass is 16.5. The Hall–Kier alpha value is -1.77. The van der Waals surface area contributed by atoms with Gasteiger partial charge in [0.1, 0.15) is 12.3 Å². The Morgan fingerprint density at radius 2 is 2.39 bits per heavy atom. The number of H-pyrrole nitrogens is 1. The minimum atomic E-state index is -0.737. The Bertz CT molecular complexity index is 622. The van der Waals surface area contributed by atoms with Crippen molar-refractivity contribution in [2.75, 3.05) is 6.61 Å². The first-order valence-corrected chi connectivity index (χ1v) is 5.55. The van der Waals surface area contributed by atoms with Gasteiger partial charge in [0, 0.05) is 6.42 Å². The van der Waals surface area contributed by atoms with Crippen LogP contribution < -0.4 is 5.56 Å². The summed E-state index contributed by atoms with van der Waals surface area (Å²) in [4.78, 5) is 21.9. The van der Waals surface area contributed by atoms with Crippen LogP contribution in [-0.4, -0.2) is 48.5 Å². The second-order valence-corrected chi connectivity index (χ2v) is 4.17. The lowest BCUT2D eigenvalue weighted by molar-refractivity contribution is -0.0432. The summed E-state index contributed by atoms with van der Waals surface area (Å²) in [6.07, 6.45) is 1.23. The van der Waals surface area contributed by atoms with E-state index in [0.29, 0.717) is 12.1 Å². The molecule has 1 aliphatic rings. The lowest BCUT2D eigenvalue weighted by Crippen LogP contribution is -2.24. The molecule has 3 rings (SSSR count). The summed E-state index contributed by atoms with van der Waals surface area (Å²) in [7, 11) is 0. The van der Waals surface area contributed by atoms with E-state index in [9.17, 15) is 9.90 Å². The third-order valence-corrected chi connectivity index (χ3v) is 3.06. The lowest BCUT2D eigenvalue weighted by atomic mass is 10.2. The average molecular weight is 252 g/mol. The van der Waals surface area contributed by atoms with Gasteiger partial charge in [0.15, 0.2) is 11.2 Å². The van der Waals surface area contributed by atoms with Gasteiger partial charge < -0.3 is 19.9 Å². The molecule has 2 aromatic rings. The third kappa shape index (κ3) is 1.62. The topological polar surface area (TPSA) is 113 Å². The van der Waals surface area contributed by atoms with Crippen LogP contribution in [0.15, 0.2) is 17.4 Å². The molecule has 3 N–H and O–H groups in total. The summed E-state index contributed by atoms with van der Waals surface area (Å²) in [5, 5.41) is 18.7. The minimum Gasteiger partial charge on any atom is -0.394 e. The maximum Gasteiger partial charge on any atom is 0.278 e. The van der Waals surface area contributed by atoms with Crippen molar-refractivity contribution in [1.29, 1.82) is 0 Å². The molecule has 3 heterocycles. The van der Waals surface area contributed by atoms with Crippen LogP contribution in [-0.2, 0) is 4.74 Å². The molecule has 1 aliphatic heterocycles. The van der Waals surface area contributed by atoms with E-state index in [0.717, 1.165) is 0 Å². The van der Waals surface area contributed by atoms with Gasteiger partial charge >= 0.3 is 0 Å². The maximum atomic E-state index is 11.5. The number of aliphatic hydroxyl groups is 2. The molecule has 8 nitrogen and oxygen atoms in total. The van der Waals surface area contributed by atoms with Crippen LogP contribution in [0.4, 0.5) is 0 Å². The Labute approximate surface area is 101 Å². The zero-order valence-corrected chi connectivity index (χ0v) is 9.35. The predicted octanol–water partition coefficient (Wildman–Crippen LogP) is -1.24. The quantitative estimate of drug-likeness (QED) is 0.616. The van der Waals surface area contributed by atoms with Gasteiger partial charge in [0.05, 0.1) is 25.4 Å². The fourth-order valence-electron chi connectivity index (χ4n) is 2.12. The van der Waals surface area contributed by atoms with Crippen LogP contribution >= 0.6 is 0 Å². The molecule has 8 heteroatoms. The van der Waals surface area contributed by atoms with Crippen molar-refractivity contribution >= 4 is 11.2 Å². The smallest absolute Gasteiger partial charge is 0.278 e. The standard InChI is InChI=1S/C10H12N4O4/c15-2-6-5(16)1-7(18-6)14-4-13-8-9(14)11-3-12-10(8)17/h3-7,15-16H,1-2H2,(H,11,12,17)/t5?,6-,7-/m1/s1. The van der Waals surface area contributed by atoms with Crippen molar-refractivity contribution in [2.45, 2.75) is 24.9 Å². The summed E-state index contributed by atoms with van der Waals surface area (Å²) >= 11 is 0. The molecular formula is C10H12N4O4. The molecule has 18 heavy (non-hydrogen) atoms. The van der Waals surface area contributed by atoms with E-state index in [4.69, 9.17) is 9.84 Å². The highest BCUT2D eigenvalue weighted by molar-refractivity contribution is 5.68. The van der Waals surface area contributed by atoms with E-state index in [1.54, 1.807) is 4.57 Å². The van der Waals surface area contributed by atoms with Crippen LogP contribution in [0.3, 0.4) is 0 Å². The van der Waals surface area contributed by atoms with Gasteiger partial charge in [-0.2, -0.15) is 0 Å². The number of aliphatic hydroxyl groups excluding tert-OH is 2. The van der Waals surface area contributed by atoms with Crippen molar-refractivity contribution in [1.82, 2.24) is 19.5 Å². The lowest BCUT2D eigenvalue weighted by Gasteiger charge is -2.13. The normalized spacial score (nSPS) is 28.0. The van der Waals surface area contributed by atoms with Gasteiger partial charge in [0.25, 0.3) is 5.56 Å². The van der Waals surface area contributed by atoms with Gasteiger partial charge in [0.2, 0.25) is 0 Å². The summed E-state index contributed by atoms with van der Waals surface area (Å²) in [5.41, 5.74) is 0.300. The molecule has 3 atom stereocenters. The molecule has 1 saturated heterocycles. The molecule has 0 aliphatic carbocycles. The molecule has 1 unspecified atom stereocenters. The van der Waals surface area contributed by atoms with Gasteiger partial charge in [-0.3, -0.25) is 9.36 Å². The van der Waals surface area contributed by atoms with Crippen LogP contribution in [0.25, 0.3) is 11.2 Å². The molecule has 96 valence electrons. The number of nitrogens with one attached hydrogen (secondary N) is 1. The van der Waals surface area contributed by atoms with Crippen LogP contribution in [0.5, 0.6) is 0 Å². The van der Waals surface area contributed by atoms with E-state index in [1.165, 1.54) is 12.7 Å². The zero-order valence-electron chi connectivity index (χ0n) is 9.35. The number of imidazole rings is 1. The van der Waals surface area contributed by atoms with Crippen molar-refractivity contribution in [3.63, 3.8) is 0 Å². The summed E-state index contributed by atoms with van der Waals surface area (Å²) in [5.74, 6) is 0. The van der Waals surface area contributed by atoms with Crippen molar-refractivity contribution in [3.8, 4) is 0 Å². The number of fused-ring (bicyclic) bond motifs is 1. The molecule has 0 radical (unpaired) electrons. The molecule has 0 amide bonds. The fourth-order valence-corrected chi connectivity index (χ4v) is 2.12. The maximum absolute atomic E-state index is 11.5. The highest BCUT2D eigenvalue weighted by Crippen LogP contribution is 2.29. The van der Waals surface area contributed by atoms with Crippen LogP contribution in [0.1, 0.15) is 12.6 Å². The Kier molecular flexibility index (Phi) is 2.62. The minimum absolute atomic E-state index is 0.225. The van der Waals surface area contributed by atoms with Crippen LogP contribution in [0.2, 0.25) is 0 Å². The third-order valence-electron chi connectivity index (χ3n) is 3.06. The van der Waals surface area contributed by atoms with Crippen molar-refractivity contribution in [3.05, 3.63) is 23.0 Å². The molecule has 0 spiro atoms. The average Bonchev–Trinajstić information content (AvgIpc) is 2.93. The number of rotatable bonds is 2. The summed E-state index contributed by atoms with van der Waals surface area (Å²) in [6.45, 7) is -0.252. The molecule has 0 saturated carbocycles. The Morgan fingerprint density at radius 1 is 1.56 bits per heavy atom. The van der Waals surface area contributed by atoms with Crippen LogP contribution in [0, 0.1) is 0 Å². The second kappa shape index (κ2) is 4.16. The van der Waals surface area contributed by atoms with E-state index in [-0.39, 0.29) is 17.7 Å². The van der Waals surface area contributed by atoms with Gasteiger partial charge in [-0.05, 0) is 0 Å². The Balaban J connectivity index is 2.01. The predicted molar refractivity (Wildman–Crippen MR) is 59.8 cm³/mol. The molecule has 0 bridgehead atoms. The van der Waals surface area contributed by atoms with E-state index in [2.05, 4.69) is 15.0 Å². The molecule has 1 fully saturated rings. The summed E-state index contributed by atoms with van der Waals surface area (Å²) in [6, 6.07) is 0. The van der Waals surface area contributed by atoms with Gasteiger partial charge in [-0.25, -0.2) is 9.97 Å². The number of aromatic amines is 1. The summed E-state index contributed by atoms with van der Waals surface area (Å²) < 4.78 is 7.07. The van der Waals surface area contributed by atoms with Crippen molar-refractivity contribution in [2.24, 2.45) is 0 Å². The first-order valence-electron chi connectivity index (χ1n) is 5.55. The number of aromatic nitrogens is 4. The Morgan fingerprint density at radius 3 is 3.11 bits per heavy atom. The number of hydrogen-bond donors (Lipinski definition) is 3. The zero-order chi connectivity index (χ0) is 12.7. The molecule has 2 aromatic heterocycles. The van der Waals surface area contributed by atoms with E-state index < -0.39 is 18.4 Å². The largest absolute Gasteiger partial charge is 0.394 e. The fraction of sp³-hybridized carbons (Fsp3) is 0.500. The monoisotopic (exact) mass is 252 g/mol. The first-order chi connectivity index (χ1) is 8.70. The highest BCUT2D eigenvalue weighted by Gasteiger charge is 2.35. The van der Waals surface area contributed by atoms with E-state index >= 15 is 0 Å². The van der Waals surface area contributed by atoms with Gasteiger partial charge in [-0.15, -0.1) is 0 Å². The second-order valence-electron chi connectivity index (χ2n) is 4.17. The number of hydrogen-bond acceptors (Lipinski definition) is 6. The number of nitrogens with zero attached hydrogens (tertiary/aromatic N) is 3. The number of ether oxygens (including phenoxy) is 1. The molecular weight excluding hydrogens is 240 g/mol. The van der Waals surface area contributed by atoms with E-state index in [1.807, 2.05) is 0 Å². The first kappa shape index (κ1) is 11.3. The van der Waals surface area contributed by atoms with Gasteiger partial charge in [-0.1, -0.05) is 0 Å². The SMILES string of the molecule is O=c1[nH]cnc2c1ncn2[C@H]1CC(O)[C@@H](CO)O1. The van der Waals surface area contributed by atoms with Crippen molar-refractivity contribution < 1.29 is 14.9 Å².